The van der Waals surface area contributed by atoms with E-state index in [1.807, 2.05) is 47.0 Å². The molecular formula is C21H27N5O. The van der Waals surface area contributed by atoms with E-state index < -0.39 is 0 Å². The molecule has 0 atom stereocenters. The number of nitrogens with zero attached hydrogens (tertiary/aromatic N) is 5. The molecule has 0 unspecified atom stereocenters. The van der Waals surface area contributed by atoms with Gasteiger partial charge in [0, 0.05) is 25.3 Å². The highest BCUT2D eigenvalue weighted by atomic mass is 16.1. The van der Waals surface area contributed by atoms with Gasteiger partial charge in [0.1, 0.15) is 5.71 Å². The van der Waals surface area contributed by atoms with Crippen LogP contribution < -0.4 is 10.5 Å². The van der Waals surface area contributed by atoms with Crippen molar-refractivity contribution in [1.82, 2.24) is 9.66 Å². The molecule has 1 aromatic carbocycles. The summed E-state index contributed by atoms with van der Waals surface area (Å²) in [4.78, 5) is 24.6. The smallest absolute Gasteiger partial charge is 0.277 e. The number of hydrogen-bond donors (Lipinski definition) is 0. The van der Waals surface area contributed by atoms with E-state index in [1.54, 1.807) is 0 Å². The van der Waals surface area contributed by atoms with Gasteiger partial charge in [0.2, 0.25) is 0 Å². The molecular weight excluding hydrogens is 338 g/mol. The SMILES string of the molecule is CCc1c(C(C)C)nc2n(c1=O)N=C(C)C2=Nc1ccc(N(C)C)cc1C. The van der Waals surface area contributed by atoms with Gasteiger partial charge in [0.25, 0.3) is 5.56 Å². The second-order valence-electron chi connectivity index (χ2n) is 7.44. The normalized spacial score (nSPS) is 14.7. The van der Waals surface area contributed by atoms with Crippen LogP contribution in [0.1, 0.15) is 56.3 Å². The molecule has 142 valence electrons. The van der Waals surface area contributed by atoms with Gasteiger partial charge in [-0.1, -0.05) is 20.8 Å². The Morgan fingerprint density at radius 2 is 1.93 bits per heavy atom. The minimum absolute atomic E-state index is 0.0876. The van der Waals surface area contributed by atoms with Gasteiger partial charge in [-0.2, -0.15) is 9.78 Å². The monoisotopic (exact) mass is 365 g/mol. The van der Waals surface area contributed by atoms with Crippen molar-refractivity contribution in [1.29, 1.82) is 0 Å². The van der Waals surface area contributed by atoms with Crippen molar-refractivity contribution in [2.24, 2.45) is 10.1 Å². The van der Waals surface area contributed by atoms with Crippen LogP contribution in [0.5, 0.6) is 0 Å². The fourth-order valence-electron chi connectivity index (χ4n) is 3.27. The number of benzene rings is 1. The standard InChI is InChI=1S/C21H27N5O/c1-8-16-18(12(2)3)23-20-19(14(5)24-26(20)21(16)27)22-17-10-9-15(25(6)7)11-13(17)4/h9-12H,8H2,1-7H3. The molecule has 1 aromatic heterocycles. The Hall–Kier alpha value is -2.76. The third kappa shape index (κ3) is 3.31. The van der Waals surface area contributed by atoms with E-state index >= 15 is 0 Å². The van der Waals surface area contributed by atoms with Crippen molar-refractivity contribution in [3.63, 3.8) is 0 Å². The molecule has 1 aliphatic rings. The van der Waals surface area contributed by atoms with Gasteiger partial charge in [0.15, 0.2) is 5.82 Å². The summed E-state index contributed by atoms with van der Waals surface area (Å²) in [6.07, 6.45) is 0.645. The lowest BCUT2D eigenvalue weighted by atomic mass is 10.0. The summed E-state index contributed by atoms with van der Waals surface area (Å²) in [6.45, 7) is 10.0. The first-order valence-electron chi connectivity index (χ1n) is 9.33. The van der Waals surface area contributed by atoms with Gasteiger partial charge in [-0.15, -0.1) is 0 Å². The second kappa shape index (κ2) is 7.10. The number of aryl methyl sites for hydroxylation is 1. The molecule has 0 fully saturated rings. The Balaban J connectivity index is 2.18. The van der Waals surface area contributed by atoms with Crippen molar-refractivity contribution >= 4 is 22.8 Å². The van der Waals surface area contributed by atoms with Gasteiger partial charge in [-0.05, 0) is 49.9 Å². The summed E-state index contributed by atoms with van der Waals surface area (Å²) in [5.41, 5.74) is 5.91. The van der Waals surface area contributed by atoms with E-state index in [9.17, 15) is 4.79 Å². The quantitative estimate of drug-likeness (QED) is 0.830. The van der Waals surface area contributed by atoms with Crippen LogP contribution in [0.4, 0.5) is 11.4 Å². The Kier molecular flexibility index (Phi) is 5.00. The van der Waals surface area contributed by atoms with E-state index in [1.165, 1.54) is 4.68 Å². The fourth-order valence-corrected chi connectivity index (χ4v) is 3.27. The molecule has 0 saturated heterocycles. The van der Waals surface area contributed by atoms with Crippen LogP contribution in [0.25, 0.3) is 0 Å². The van der Waals surface area contributed by atoms with E-state index in [-0.39, 0.29) is 11.5 Å². The molecule has 6 heteroatoms. The number of hydrogen-bond acceptors (Lipinski definition) is 5. The summed E-state index contributed by atoms with van der Waals surface area (Å²) >= 11 is 0. The lowest BCUT2D eigenvalue weighted by molar-refractivity contribution is 0.717. The molecule has 1 aliphatic heterocycles. The first kappa shape index (κ1) is 19.0. The van der Waals surface area contributed by atoms with Crippen molar-refractivity contribution in [3.8, 4) is 0 Å². The van der Waals surface area contributed by atoms with Crippen molar-refractivity contribution < 1.29 is 0 Å². The van der Waals surface area contributed by atoms with Crippen LogP contribution in [0.3, 0.4) is 0 Å². The number of fused-ring (bicyclic) bond motifs is 1. The van der Waals surface area contributed by atoms with Gasteiger partial charge < -0.3 is 4.90 Å². The van der Waals surface area contributed by atoms with Crippen LogP contribution in [0.2, 0.25) is 0 Å². The summed E-state index contributed by atoms with van der Waals surface area (Å²) in [5.74, 6) is 0.705. The van der Waals surface area contributed by atoms with Crippen LogP contribution in [-0.4, -0.2) is 35.2 Å². The third-order valence-corrected chi connectivity index (χ3v) is 4.82. The van der Waals surface area contributed by atoms with Gasteiger partial charge >= 0.3 is 0 Å². The summed E-state index contributed by atoms with van der Waals surface area (Å²) < 4.78 is 1.41. The highest BCUT2D eigenvalue weighted by Crippen LogP contribution is 2.26. The number of anilines is 1. The van der Waals surface area contributed by atoms with Crippen molar-refractivity contribution in [2.45, 2.75) is 47.0 Å². The average Bonchev–Trinajstić information content (AvgIpc) is 2.92. The zero-order chi connectivity index (χ0) is 19.9. The molecule has 2 aromatic rings. The first-order valence-corrected chi connectivity index (χ1v) is 9.33. The summed E-state index contributed by atoms with van der Waals surface area (Å²) in [7, 11) is 4.03. The topological polar surface area (TPSA) is 62.9 Å². The Morgan fingerprint density at radius 1 is 1.22 bits per heavy atom. The molecule has 27 heavy (non-hydrogen) atoms. The van der Waals surface area contributed by atoms with Crippen molar-refractivity contribution in [3.05, 3.63) is 51.2 Å². The molecule has 2 heterocycles. The van der Waals surface area contributed by atoms with Gasteiger partial charge in [-0.3, -0.25) is 4.79 Å². The first-order chi connectivity index (χ1) is 12.7. The van der Waals surface area contributed by atoms with E-state index in [4.69, 9.17) is 9.98 Å². The minimum Gasteiger partial charge on any atom is -0.378 e. The number of aromatic nitrogens is 2. The summed E-state index contributed by atoms with van der Waals surface area (Å²) in [5, 5.41) is 4.43. The lowest BCUT2D eigenvalue weighted by Crippen LogP contribution is -2.27. The van der Waals surface area contributed by atoms with E-state index in [2.05, 4.69) is 29.9 Å². The molecule has 0 spiro atoms. The third-order valence-electron chi connectivity index (χ3n) is 4.82. The lowest BCUT2D eigenvalue weighted by Gasteiger charge is -2.14. The van der Waals surface area contributed by atoms with Crippen LogP contribution in [0, 0.1) is 6.92 Å². The fraction of sp³-hybridized carbons (Fsp3) is 0.429. The Morgan fingerprint density at radius 3 is 2.48 bits per heavy atom. The maximum Gasteiger partial charge on any atom is 0.277 e. The Labute approximate surface area is 160 Å². The van der Waals surface area contributed by atoms with Gasteiger partial charge in [-0.25, -0.2) is 9.98 Å². The molecule has 0 N–H and O–H groups in total. The minimum atomic E-state index is -0.0876. The zero-order valence-corrected chi connectivity index (χ0v) is 17.2. The molecule has 0 amide bonds. The molecule has 0 aliphatic carbocycles. The highest BCUT2D eigenvalue weighted by molar-refractivity contribution is 6.48. The Bertz CT molecular complexity index is 1010. The summed E-state index contributed by atoms with van der Waals surface area (Å²) in [6, 6.07) is 6.13. The van der Waals surface area contributed by atoms with Crippen LogP contribution in [-0.2, 0) is 6.42 Å². The second-order valence-corrected chi connectivity index (χ2v) is 7.44. The predicted molar refractivity (Wildman–Crippen MR) is 112 cm³/mol. The molecule has 0 bridgehead atoms. The maximum atomic E-state index is 12.9. The van der Waals surface area contributed by atoms with Crippen molar-refractivity contribution in [2.75, 3.05) is 19.0 Å². The average molecular weight is 365 g/mol. The predicted octanol–water partition coefficient (Wildman–Crippen LogP) is 3.66. The maximum absolute atomic E-state index is 12.9. The van der Waals surface area contributed by atoms with Crippen LogP contribution in [0.15, 0.2) is 33.1 Å². The van der Waals surface area contributed by atoms with Gasteiger partial charge in [0.05, 0.1) is 17.1 Å². The zero-order valence-electron chi connectivity index (χ0n) is 17.2. The van der Waals surface area contributed by atoms with E-state index in [0.29, 0.717) is 23.7 Å². The molecule has 0 radical (unpaired) electrons. The molecule has 6 nitrogen and oxygen atoms in total. The molecule has 0 saturated carbocycles. The number of rotatable bonds is 4. The highest BCUT2D eigenvalue weighted by Gasteiger charge is 2.27. The largest absolute Gasteiger partial charge is 0.378 e. The van der Waals surface area contributed by atoms with E-state index in [0.717, 1.165) is 28.2 Å². The number of aliphatic imine (C=N–C) groups is 1. The van der Waals surface area contributed by atoms with Crippen LogP contribution >= 0.6 is 0 Å². The molecule has 3 rings (SSSR count).